The van der Waals surface area contributed by atoms with Crippen LogP contribution in [0, 0.1) is 0 Å². The van der Waals surface area contributed by atoms with E-state index in [0.717, 1.165) is 89.0 Å². The molecule has 1 aromatic carbocycles. The van der Waals surface area contributed by atoms with E-state index in [1.165, 1.54) is 42.2 Å². The van der Waals surface area contributed by atoms with Crippen molar-refractivity contribution in [3.05, 3.63) is 51.7 Å². The Bertz CT molecular complexity index is 1240. The topological polar surface area (TPSA) is 62.5 Å². The number of phenolic OH excluding ortho intramolecular Hbond substituents is 1. The maximum absolute atomic E-state index is 13.3. The third kappa shape index (κ3) is 6.84. The van der Waals surface area contributed by atoms with E-state index in [1.54, 1.807) is 7.05 Å². The molecule has 1 atom stereocenters. The fourth-order valence-corrected chi connectivity index (χ4v) is 7.81. The summed E-state index contributed by atoms with van der Waals surface area (Å²) in [7, 11) is 1.64. The van der Waals surface area contributed by atoms with Gasteiger partial charge in [-0.25, -0.2) is 0 Å². The van der Waals surface area contributed by atoms with Gasteiger partial charge in [-0.15, -0.1) is 0 Å². The normalized spacial score (nSPS) is 29.4. The molecule has 3 heterocycles. The van der Waals surface area contributed by atoms with E-state index < -0.39 is 17.5 Å². The molecular formula is C34H49F3N4O2. The Kier molecular flexibility index (Phi) is 9.93. The Hall–Kier alpha value is -2.36. The summed E-state index contributed by atoms with van der Waals surface area (Å²) < 4.78 is 39.8. The zero-order chi connectivity index (χ0) is 30.9. The van der Waals surface area contributed by atoms with Crippen molar-refractivity contribution in [2.45, 2.75) is 109 Å². The molecule has 1 saturated carbocycles. The van der Waals surface area contributed by atoms with Gasteiger partial charge in [-0.05, 0) is 126 Å². The predicted octanol–water partition coefficient (Wildman–Crippen LogP) is 6.38. The number of halogens is 3. The Balaban J connectivity index is 1.36. The molecule has 0 amide bonds. The quantitative estimate of drug-likeness (QED) is 0.370. The first kappa shape index (κ1) is 32.0. The molecule has 2 N–H and O–H groups in total. The molecule has 1 unspecified atom stereocenters. The largest absolute Gasteiger partial charge is 0.507 e. The van der Waals surface area contributed by atoms with Crippen LogP contribution >= 0.6 is 0 Å². The van der Waals surface area contributed by atoms with Gasteiger partial charge in [0, 0.05) is 49.5 Å². The standard InChI is InChI=1S/C34H49F3N4O2/c1-5-22(2)33-29(23(3)32(38-4)30-11-10-24(18-31(30)43)34(35,36)37)9-7-15-41(33)26-8-6-14-40(21-26)25-12-16-39(17-13-25)27-19-28(42)20-27/h10-11,18,25-28,42-43H,5-9,12-17,19-21H2,1-4H3/b29-23-,33-22?,38-32?. The van der Waals surface area contributed by atoms with Gasteiger partial charge < -0.3 is 20.0 Å². The molecule has 4 aliphatic rings. The highest BCUT2D eigenvalue weighted by atomic mass is 19.4. The SMILES string of the molecule is CCC(C)=C1/C(=C(/C)C(=NC)c2ccc(C(F)(F)F)cc2O)CCCN1C1CCCN(C2CCN(C3CC(O)C3)CC2)C1. The number of allylic oxidation sites excluding steroid dienone is 3. The summed E-state index contributed by atoms with van der Waals surface area (Å²) in [6.45, 7) is 11.8. The maximum Gasteiger partial charge on any atom is 0.416 e. The molecule has 1 aliphatic carbocycles. The van der Waals surface area contributed by atoms with Crippen LogP contribution in [0.25, 0.3) is 0 Å². The van der Waals surface area contributed by atoms with Crippen molar-refractivity contribution in [3.63, 3.8) is 0 Å². The molecule has 9 heteroatoms. The van der Waals surface area contributed by atoms with Crippen molar-refractivity contribution in [2.24, 2.45) is 4.99 Å². The minimum atomic E-state index is -4.52. The number of aromatic hydroxyl groups is 1. The van der Waals surface area contributed by atoms with E-state index in [2.05, 4.69) is 33.5 Å². The van der Waals surface area contributed by atoms with Crippen molar-refractivity contribution < 1.29 is 23.4 Å². The molecule has 1 aromatic rings. The van der Waals surface area contributed by atoms with Gasteiger partial charge in [0.25, 0.3) is 0 Å². The second kappa shape index (κ2) is 13.3. The summed E-state index contributed by atoms with van der Waals surface area (Å²) in [4.78, 5) is 12.4. The minimum Gasteiger partial charge on any atom is -0.507 e. The molecule has 0 bridgehead atoms. The van der Waals surface area contributed by atoms with E-state index in [9.17, 15) is 23.4 Å². The second-order valence-electron chi connectivity index (χ2n) is 13.0. The summed E-state index contributed by atoms with van der Waals surface area (Å²) in [5.41, 5.74) is 4.71. The van der Waals surface area contributed by atoms with Crippen molar-refractivity contribution in [3.8, 4) is 5.75 Å². The monoisotopic (exact) mass is 602 g/mol. The minimum absolute atomic E-state index is 0.105. The Labute approximate surface area is 255 Å². The summed E-state index contributed by atoms with van der Waals surface area (Å²) in [5.74, 6) is -0.400. The summed E-state index contributed by atoms with van der Waals surface area (Å²) in [5, 5.41) is 20.4. The van der Waals surface area contributed by atoms with E-state index >= 15 is 0 Å². The van der Waals surface area contributed by atoms with Gasteiger partial charge in [-0.3, -0.25) is 9.89 Å². The maximum atomic E-state index is 13.3. The first-order valence-electron chi connectivity index (χ1n) is 16.2. The van der Waals surface area contributed by atoms with E-state index in [4.69, 9.17) is 0 Å². The zero-order valence-corrected chi connectivity index (χ0v) is 26.3. The molecule has 6 nitrogen and oxygen atoms in total. The second-order valence-corrected chi connectivity index (χ2v) is 13.0. The number of hydrogen-bond donors (Lipinski definition) is 2. The number of alkyl halides is 3. The summed E-state index contributed by atoms with van der Waals surface area (Å²) >= 11 is 0. The number of likely N-dealkylation sites (tertiary alicyclic amines) is 3. The lowest BCUT2D eigenvalue weighted by atomic mass is 9.85. The number of phenols is 1. The van der Waals surface area contributed by atoms with Gasteiger partial charge in [-0.2, -0.15) is 13.2 Å². The van der Waals surface area contributed by atoms with Crippen LogP contribution < -0.4 is 0 Å². The van der Waals surface area contributed by atoms with Crippen molar-refractivity contribution >= 4 is 5.71 Å². The molecule has 3 aliphatic heterocycles. The van der Waals surface area contributed by atoms with Gasteiger partial charge >= 0.3 is 6.18 Å². The van der Waals surface area contributed by atoms with Gasteiger partial charge in [-0.1, -0.05) is 6.92 Å². The molecule has 43 heavy (non-hydrogen) atoms. The van der Waals surface area contributed by atoms with Crippen LogP contribution in [0.15, 0.2) is 45.6 Å². The number of aliphatic hydroxyl groups is 1. The number of nitrogens with zero attached hydrogens (tertiary/aromatic N) is 4. The van der Waals surface area contributed by atoms with Crippen LogP contribution in [-0.4, -0.2) is 94.6 Å². The van der Waals surface area contributed by atoms with Crippen molar-refractivity contribution in [1.29, 1.82) is 0 Å². The van der Waals surface area contributed by atoms with E-state index in [-0.39, 0.29) is 6.10 Å². The number of aliphatic imine (C=N–C) groups is 1. The lowest BCUT2D eigenvalue weighted by Gasteiger charge is -2.49. The number of hydrogen-bond acceptors (Lipinski definition) is 6. The number of benzene rings is 1. The fraction of sp³-hybridized carbons (Fsp3) is 0.676. The average Bonchev–Trinajstić information content (AvgIpc) is 2.99. The van der Waals surface area contributed by atoms with Crippen molar-refractivity contribution in [2.75, 3.05) is 39.8 Å². The highest BCUT2D eigenvalue weighted by Crippen LogP contribution is 2.39. The summed E-state index contributed by atoms with van der Waals surface area (Å²) in [6, 6.07) is 4.75. The predicted molar refractivity (Wildman–Crippen MR) is 165 cm³/mol. The summed E-state index contributed by atoms with van der Waals surface area (Å²) in [6.07, 6.45) is 4.72. The van der Waals surface area contributed by atoms with Crippen LogP contribution in [0.4, 0.5) is 13.2 Å². The Morgan fingerprint density at radius 2 is 1.67 bits per heavy atom. The lowest BCUT2D eigenvalue weighted by Crippen LogP contribution is -2.56. The fourth-order valence-electron chi connectivity index (χ4n) is 7.81. The van der Waals surface area contributed by atoms with Crippen LogP contribution in [0.5, 0.6) is 5.75 Å². The number of rotatable bonds is 6. The molecule has 0 radical (unpaired) electrons. The first-order chi connectivity index (χ1) is 20.5. The zero-order valence-electron chi connectivity index (χ0n) is 26.3. The molecule has 0 aromatic heterocycles. The van der Waals surface area contributed by atoms with Crippen molar-refractivity contribution in [1.82, 2.24) is 14.7 Å². The van der Waals surface area contributed by atoms with Crippen LogP contribution in [0.3, 0.4) is 0 Å². The highest BCUT2D eigenvalue weighted by molar-refractivity contribution is 6.14. The first-order valence-corrected chi connectivity index (χ1v) is 16.2. The van der Waals surface area contributed by atoms with E-state index in [0.29, 0.717) is 29.4 Å². The molecule has 4 fully saturated rings. The highest BCUT2D eigenvalue weighted by Gasteiger charge is 2.38. The van der Waals surface area contributed by atoms with Crippen LogP contribution in [0.1, 0.15) is 89.7 Å². The molecule has 3 saturated heterocycles. The Morgan fingerprint density at radius 3 is 2.28 bits per heavy atom. The lowest BCUT2D eigenvalue weighted by molar-refractivity contribution is -0.137. The van der Waals surface area contributed by atoms with Gasteiger partial charge in [0.1, 0.15) is 5.75 Å². The molecule has 0 spiro atoms. The van der Waals surface area contributed by atoms with Gasteiger partial charge in [0.05, 0.1) is 17.4 Å². The van der Waals surface area contributed by atoms with Crippen LogP contribution in [0.2, 0.25) is 0 Å². The van der Waals surface area contributed by atoms with Gasteiger partial charge in [0.15, 0.2) is 0 Å². The average molecular weight is 603 g/mol. The molecular weight excluding hydrogens is 553 g/mol. The Morgan fingerprint density at radius 1 is 0.953 bits per heavy atom. The third-order valence-electron chi connectivity index (χ3n) is 10.4. The number of aliphatic hydroxyl groups excluding tert-OH is 1. The third-order valence-corrected chi connectivity index (χ3v) is 10.4. The van der Waals surface area contributed by atoms with Gasteiger partial charge in [0.2, 0.25) is 0 Å². The molecule has 5 rings (SSSR count). The smallest absolute Gasteiger partial charge is 0.416 e. The van der Waals surface area contributed by atoms with Crippen LogP contribution in [-0.2, 0) is 6.18 Å². The van der Waals surface area contributed by atoms with E-state index in [1.807, 2.05) is 6.92 Å². The molecule has 238 valence electrons. The number of piperidine rings is 3.